The lowest BCUT2D eigenvalue weighted by molar-refractivity contribution is 0.188. The highest BCUT2D eigenvalue weighted by molar-refractivity contribution is 4.65. The molecule has 0 aliphatic rings. The molecule has 14 heavy (non-hydrogen) atoms. The Morgan fingerprint density at radius 1 is 1.29 bits per heavy atom. The molecule has 0 aliphatic carbocycles. The smallest absolute Gasteiger partial charge is 0.0636 e. The number of rotatable bonds is 8. The molecule has 0 saturated carbocycles. The van der Waals surface area contributed by atoms with Crippen molar-refractivity contribution in [1.29, 1.82) is 0 Å². The molecule has 0 spiro atoms. The standard InChI is InChI=1S/C11H26N2O/c1-4-11(6-12)5-9(2)7-13-8-10(3)14/h9-11,13-14H,4-8,12H2,1-3H3. The van der Waals surface area contributed by atoms with Crippen LogP contribution in [0.5, 0.6) is 0 Å². The third-order valence-electron chi connectivity index (χ3n) is 2.58. The van der Waals surface area contributed by atoms with Crippen LogP contribution in [-0.2, 0) is 0 Å². The molecule has 0 heterocycles. The summed E-state index contributed by atoms with van der Waals surface area (Å²) in [5.41, 5.74) is 5.65. The molecule has 4 N–H and O–H groups in total. The van der Waals surface area contributed by atoms with Crippen molar-refractivity contribution < 1.29 is 5.11 Å². The second-order valence-electron chi connectivity index (χ2n) is 4.36. The Morgan fingerprint density at radius 2 is 1.93 bits per heavy atom. The Morgan fingerprint density at radius 3 is 2.36 bits per heavy atom. The predicted molar refractivity (Wildman–Crippen MR) is 61.2 cm³/mol. The summed E-state index contributed by atoms with van der Waals surface area (Å²) in [7, 11) is 0. The molecular formula is C11H26N2O. The molecule has 0 radical (unpaired) electrons. The van der Waals surface area contributed by atoms with Gasteiger partial charge in [0.2, 0.25) is 0 Å². The van der Waals surface area contributed by atoms with Gasteiger partial charge >= 0.3 is 0 Å². The molecule has 0 aromatic carbocycles. The normalized spacial score (nSPS) is 17.8. The Labute approximate surface area is 88.1 Å². The summed E-state index contributed by atoms with van der Waals surface area (Å²) in [4.78, 5) is 0. The zero-order valence-electron chi connectivity index (χ0n) is 9.79. The van der Waals surface area contributed by atoms with Crippen LogP contribution in [0.1, 0.15) is 33.6 Å². The molecule has 0 fully saturated rings. The Bertz CT molecular complexity index is 124. The van der Waals surface area contributed by atoms with Crippen molar-refractivity contribution in [1.82, 2.24) is 5.32 Å². The molecule has 3 heteroatoms. The minimum absolute atomic E-state index is 0.251. The lowest BCUT2D eigenvalue weighted by atomic mass is 9.94. The van der Waals surface area contributed by atoms with Crippen LogP contribution in [0.4, 0.5) is 0 Å². The second-order valence-corrected chi connectivity index (χ2v) is 4.36. The van der Waals surface area contributed by atoms with E-state index in [0.29, 0.717) is 18.4 Å². The number of nitrogens with two attached hydrogens (primary N) is 1. The van der Waals surface area contributed by atoms with Gasteiger partial charge in [-0.2, -0.15) is 0 Å². The highest BCUT2D eigenvalue weighted by atomic mass is 16.3. The van der Waals surface area contributed by atoms with Crippen LogP contribution in [0, 0.1) is 11.8 Å². The summed E-state index contributed by atoms with van der Waals surface area (Å²) in [6, 6.07) is 0. The van der Waals surface area contributed by atoms with Crippen LogP contribution in [0.3, 0.4) is 0 Å². The summed E-state index contributed by atoms with van der Waals surface area (Å²) in [6.45, 7) is 8.66. The van der Waals surface area contributed by atoms with Gasteiger partial charge in [-0.15, -0.1) is 0 Å². The van der Waals surface area contributed by atoms with E-state index < -0.39 is 0 Å². The van der Waals surface area contributed by atoms with Crippen LogP contribution in [0.2, 0.25) is 0 Å². The maximum atomic E-state index is 9.06. The summed E-state index contributed by atoms with van der Waals surface area (Å²) < 4.78 is 0. The molecule has 3 unspecified atom stereocenters. The van der Waals surface area contributed by atoms with Gasteiger partial charge in [-0.3, -0.25) is 0 Å². The lowest BCUT2D eigenvalue weighted by Crippen LogP contribution is -2.30. The van der Waals surface area contributed by atoms with E-state index >= 15 is 0 Å². The van der Waals surface area contributed by atoms with E-state index in [1.807, 2.05) is 0 Å². The quantitative estimate of drug-likeness (QED) is 0.549. The van der Waals surface area contributed by atoms with E-state index in [-0.39, 0.29) is 6.10 Å². The Hall–Kier alpha value is -0.120. The Kier molecular flexibility index (Phi) is 8.14. The third kappa shape index (κ3) is 7.30. The van der Waals surface area contributed by atoms with Crippen molar-refractivity contribution >= 4 is 0 Å². The number of hydrogen-bond acceptors (Lipinski definition) is 3. The molecule has 0 saturated heterocycles. The van der Waals surface area contributed by atoms with E-state index in [4.69, 9.17) is 10.8 Å². The summed E-state index contributed by atoms with van der Waals surface area (Å²) in [5.74, 6) is 1.29. The van der Waals surface area contributed by atoms with E-state index in [2.05, 4.69) is 19.2 Å². The molecule has 86 valence electrons. The first-order valence-electron chi connectivity index (χ1n) is 5.68. The number of nitrogens with one attached hydrogen (secondary N) is 1. The fourth-order valence-corrected chi connectivity index (χ4v) is 1.62. The van der Waals surface area contributed by atoms with E-state index in [1.54, 1.807) is 6.92 Å². The molecule has 0 aromatic heterocycles. The van der Waals surface area contributed by atoms with Crippen molar-refractivity contribution in [3.63, 3.8) is 0 Å². The van der Waals surface area contributed by atoms with E-state index in [1.165, 1.54) is 6.42 Å². The van der Waals surface area contributed by atoms with Gasteiger partial charge in [0.05, 0.1) is 6.10 Å². The van der Waals surface area contributed by atoms with Gasteiger partial charge in [0.15, 0.2) is 0 Å². The van der Waals surface area contributed by atoms with Crippen molar-refractivity contribution in [2.75, 3.05) is 19.6 Å². The summed E-state index contributed by atoms with van der Waals surface area (Å²) in [5, 5.41) is 12.3. The van der Waals surface area contributed by atoms with Crippen LogP contribution >= 0.6 is 0 Å². The van der Waals surface area contributed by atoms with E-state index in [0.717, 1.165) is 19.5 Å². The number of hydrogen-bond donors (Lipinski definition) is 3. The van der Waals surface area contributed by atoms with Gasteiger partial charge in [-0.05, 0) is 38.3 Å². The van der Waals surface area contributed by atoms with Crippen LogP contribution < -0.4 is 11.1 Å². The second kappa shape index (κ2) is 8.21. The first-order valence-corrected chi connectivity index (χ1v) is 5.68. The summed E-state index contributed by atoms with van der Waals surface area (Å²) >= 11 is 0. The topological polar surface area (TPSA) is 58.3 Å². The molecule has 0 bridgehead atoms. The minimum atomic E-state index is -0.251. The van der Waals surface area contributed by atoms with Crippen molar-refractivity contribution in [3.8, 4) is 0 Å². The van der Waals surface area contributed by atoms with Gasteiger partial charge in [0.25, 0.3) is 0 Å². The average Bonchev–Trinajstić information content (AvgIpc) is 2.13. The van der Waals surface area contributed by atoms with Gasteiger partial charge in [-0.25, -0.2) is 0 Å². The van der Waals surface area contributed by atoms with Crippen LogP contribution in [0.25, 0.3) is 0 Å². The first kappa shape index (κ1) is 13.9. The average molecular weight is 202 g/mol. The van der Waals surface area contributed by atoms with E-state index in [9.17, 15) is 0 Å². The first-order chi connectivity index (χ1) is 6.60. The van der Waals surface area contributed by atoms with Gasteiger partial charge in [-0.1, -0.05) is 20.3 Å². The fourth-order valence-electron chi connectivity index (χ4n) is 1.62. The molecule has 0 aliphatic heterocycles. The van der Waals surface area contributed by atoms with Gasteiger partial charge in [0, 0.05) is 6.54 Å². The van der Waals surface area contributed by atoms with Crippen LogP contribution in [-0.4, -0.2) is 30.8 Å². The predicted octanol–water partition coefficient (Wildman–Crippen LogP) is 0.968. The highest BCUT2D eigenvalue weighted by Gasteiger charge is 2.09. The zero-order valence-corrected chi connectivity index (χ0v) is 9.79. The molecular weight excluding hydrogens is 176 g/mol. The maximum Gasteiger partial charge on any atom is 0.0636 e. The maximum absolute atomic E-state index is 9.06. The minimum Gasteiger partial charge on any atom is -0.392 e. The lowest BCUT2D eigenvalue weighted by Gasteiger charge is -2.18. The van der Waals surface area contributed by atoms with Gasteiger partial charge in [0.1, 0.15) is 0 Å². The Balaban J connectivity index is 3.48. The third-order valence-corrected chi connectivity index (χ3v) is 2.58. The molecule has 3 atom stereocenters. The van der Waals surface area contributed by atoms with Crippen molar-refractivity contribution in [2.45, 2.75) is 39.7 Å². The molecule has 3 nitrogen and oxygen atoms in total. The number of aliphatic hydroxyl groups is 1. The van der Waals surface area contributed by atoms with Gasteiger partial charge < -0.3 is 16.2 Å². The molecule has 0 rings (SSSR count). The van der Waals surface area contributed by atoms with Crippen molar-refractivity contribution in [3.05, 3.63) is 0 Å². The summed E-state index contributed by atoms with van der Waals surface area (Å²) in [6.07, 6.45) is 2.09. The monoisotopic (exact) mass is 202 g/mol. The highest BCUT2D eigenvalue weighted by Crippen LogP contribution is 2.13. The zero-order chi connectivity index (χ0) is 11.0. The fraction of sp³-hybridized carbons (Fsp3) is 1.00. The number of aliphatic hydroxyl groups excluding tert-OH is 1. The molecule has 0 aromatic rings. The SMILES string of the molecule is CCC(CN)CC(C)CNCC(C)O. The molecule has 0 amide bonds. The van der Waals surface area contributed by atoms with Crippen molar-refractivity contribution in [2.24, 2.45) is 17.6 Å². The van der Waals surface area contributed by atoms with Crippen LogP contribution in [0.15, 0.2) is 0 Å². The largest absolute Gasteiger partial charge is 0.392 e.